The summed E-state index contributed by atoms with van der Waals surface area (Å²) < 4.78 is 0. The molecule has 0 aliphatic heterocycles. The van der Waals surface area contributed by atoms with Crippen molar-refractivity contribution in [3.05, 3.63) is 47.4 Å². The van der Waals surface area contributed by atoms with Gasteiger partial charge in [0.25, 0.3) is 0 Å². The Morgan fingerprint density at radius 3 is 3.00 bits per heavy atom. The highest BCUT2D eigenvalue weighted by Crippen LogP contribution is 2.21. The highest BCUT2D eigenvalue weighted by Gasteiger charge is 2.13. The second-order valence-electron chi connectivity index (χ2n) is 4.38. The van der Waals surface area contributed by atoms with Crippen molar-refractivity contribution in [2.45, 2.75) is 6.92 Å². The summed E-state index contributed by atoms with van der Waals surface area (Å²) in [6.07, 6.45) is 2.70. The molecule has 100 valence electrons. The predicted octanol–water partition coefficient (Wildman–Crippen LogP) is 1.77. The number of hydrogen-bond acceptors (Lipinski definition) is 5. The number of carbonyl (C=O) groups is 1. The maximum atomic E-state index is 12.2. The van der Waals surface area contributed by atoms with Gasteiger partial charge in [-0.05, 0) is 24.3 Å². The fourth-order valence-electron chi connectivity index (χ4n) is 1.98. The van der Waals surface area contributed by atoms with Crippen LogP contribution in [0.15, 0.2) is 30.5 Å². The number of fused-ring (bicyclic) bond motifs is 1. The third-order valence-electron chi connectivity index (χ3n) is 2.94. The normalized spacial score (nSPS) is 11.9. The molecule has 7 nitrogen and oxygen atoms in total. The van der Waals surface area contributed by atoms with Crippen molar-refractivity contribution >= 4 is 22.4 Å². The highest BCUT2D eigenvalue weighted by molar-refractivity contribution is 6.15. The number of aromatic nitrogens is 5. The average Bonchev–Trinajstić information content (AvgIpc) is 3.07. The molecule has 0 fully saturated rings. The highest BCUT2D eigenvalue weighted by atomic mass is 16.3. The number of aliphatic hydroxyl groups excluding tert-OH is 1. The molecular formula is C13H11N5O2. The number of nitrogens with zero attached hydrogens (tertiary/aromatic N) is 3. The molecule has 1 aromatic carbocycles. The van der Waals surface area contributed by atoms with Gasteiger partial charge in [0.05, 0.1) is 0 Å². The summed E-state index contributed by atoms with van der Waals surface area (Å²) >= 11 is 0. The lowest BCUT2D eigenvalue weighted by Crippen LogP contribution is -1.97. The first kappa shape index (κ1) is 12.1. The Bertz CT molecular complexity index is 801. The van der Waals surface area contributed by atoms with Crippen LogP contribution in [0.5, 0.6) is 0 Å². The van der Waals surface area contributed by atoms with Crippen LogP contribution in [0.2, 0.25) is 0 Å². The Morgan fingerprint density at radius 2 is 2.25 bits per heavy atom. The summed E-state index contributed by atoms with van der Waals surface area (Å²) in [5.74, 6) is -0.677. The largest absolute Gasteiger partial charge is 0.504 e. The van der Waals surface area contributed by atoms with E-state index in [1.807, 2.05) is 25.1 Å². The predicted molar refractivity (Wildman–Crippen MR) is 72.1 cm³/mol. The molecule has 0 saturated carbocycles. The number of benzene rings is 1. The van der Waals surface area contributed by atoms with E-state index in [4.69, 9.17) is 0 Å². The van der Waals surface area contributed by atoms with Crippen LogP contribution in [0.1, 0.15) is 21.7 Å². The summed E-state index contributed by atoms with van der Waals surface area (Å²) in [6, 6.07) is 5.78. The second kappa shape index (κ2) is 4.61. The van der Waals surface area contributed by atoms with Crippen LogP contribution >= 0.6 is 0 Å². The first-order chi connectivity index (χ1) is 9.65. The van der Waals surface area contributed by atoms with Crippen LogP contribution in [-0.2, 0) is 0 Å². The zero-order chi connectivity index (χ0) is 14.1. The molecule has 0 spiro atoms. The Hall–Kier alpha value is -2.96. The SMILES string of the molecule is Cc1ccc2[nH]cc(C(=O)/C=C(\O)c3nn[nH]n3)c2c1. The minimum atomic E-state index is -0.329. The van der Waals surface area contributed by atoms with E-state index in [0.717, 1.165) is 22.5 Å². The van der Waals surface area contributed by atoms with Gasteiger partial charge in [0.2, 0.25) is 5.82 Å². The van der Waals surface area contributed by atoms with Gasteiger partial charge < -0.3 is 10.1 Å². The van der Waals surface area contributed by atoms with E-state index in [2.05, 4.69) is 25.6 Å². The van der Waals surface area contributed by atoms with Crippen molar-refractivity contribution < 1.29 is 9.90 Å². The van der Waals surface area contributed by atoms with E-state index in [0.29, 0.717) is 5.56 Å². The fraction of sp³-hybridized carbons (Fsp3) is 0.0769. The Labute approximate surface area is 113 Å². The molecule has 0 atom stereocenters. The molecule has 2 aromatic heterocycles. The van der Waals surface area contributed by atoms with Gasteiger partial charge >= 0.3 is 0 Å². The van der Waals surface area contributed by atoms with Crippen molar-refractivity contribution in [2.75, 3.05) is 0 Å². The van der Waals surface area contributed by atoms with Crippen LogP contribution in [0.25, 0.3) is 16.7 Å². The van der Waals surface area contributed by atoms with Crippen molar-refractivity contribution in [2.24, 2.45) is 0 Å². The molecule has 0 saturated heterocycles. The van der Waals surface area contributed by atoms with Gasteiger partial charge in [-0.15, -0.1) is 10.2 Å². The van der Waals surface area contributed by atoms with Gasteiger partial charge in [-0.25, -0.2) is 0 Å². The van der Waals surface area contributed by atoms with Gasteiger partial charge in [-0.1, -0.05) is 11.6 Å². The number of nitrogens with one attached hydrogen (secondary N) is 2. The summed E-state index contributed by atoms with van der Waals surface area (Å²) in [5, 5.41) is 23.3. The third kappa shape index (κ3) is 2.05. The number of tetrazole rings is 1. The molecule has 0 bridgehead atoms. The lowest BCUT2D eigenvalue weighted by molar-refractivity contribution is 0.104. The average molecular weight is 269 g/mol. The zero-order valence-corrected chi connectivity index (χ0v) is 10.6. The number of ketones is 1. The van der Waals surface area contributed by atoms with Crippen LogP contribution in [-0.4, -0.2) is 36.5 Å². The quantitative estimate of drug-likeness (QED) is 0.381. The molecule has 0 aliphatic rings. The minimum Gasteiger partial charge on any atom is -0.504 e. The number of H-pyrrole nitrogens is 2. The maximum Gasteiger partial charge on any atom is 0.239 e. The van der Waals surface area contributed by atoms with Crippen LogP contribution in [0.4, 0.5) is 0 Å². The number of allylic oxidation sites excluding steroid dienone is 1. The number of rotatable bonds is 3. The molecule has 0 aliphatic carbocycles. The molecule has 20 heavy (non-hydrogen) atoms. The summed E-state index contributed by atoms with van der Waals surface area (Å²) in [4.78, 5) is 15.2. The number of aliphatic hydroxyl groups is 1. The Balaban J connectivity index is 2.01. The van der Waals surface area contributed by atoms with Gasteiger partial charge in [-0.2, -0.15) is 5.21 Å². The van der Waals surface area contributed by atoms with Crippen molar-refractivity contribution in [1.82, 2.24) is 25.6 Å². The fourth-order valence-corrected chi connectivity index (χ4v) is 1.98. The van der Waals surface area contributed by atoms with E-state index in [1.165, 1.54) is 0 Å². The Morgan fingerprint density at radius 1 is 1.40 bits per heavy atom. The van der Waals surface area contributed by atoms with Gasteiger partial charge in [0.15, 0.2) is 11.5 Å². The van der Waals surface area contributed by atoms with Gasteiger partial charge in [0, 0.05) is 28.7 Å². The maximum absolute atomic E-state index is 12.2. The molecule has 0 radical (unpaired) electrons. The molecule has 7 heteroatoms. The summed E-state index contributed by atoms with van der Waals surface area (Å²) in [6.45, 7) is 1.95. The van der Waals surface area contributed by atoms with Crippen molar-refractivity contribution in [3.63, 3.8) is 0 Å². The van der Waals surface area contributed by atoms with Crippen molar-refractivity contribution in [3.8, 4) is 0 Å². The van der Waals surface area contributed by atoms with Crippen LogP contribution < -0.4 is 0 Å². The van der Waals surface area contributed by atoms with E-state index in [-0.39, 0.29) is 17.4 Å². The molecule has 2 heterocycles. The van der Waals surface area contributed by atoms with E-state index in [9.17, 15) is 9.90 Å². The van der Waals surface area contributed by atoms with Gasteiger partial charge in [0.1, 0.15) is 0 Å². The van der Waals surface area contributed by atoms with Crippen LogP contribution in [0.3, 0.4) is 0 Å². The molecular weight excluding hydrogens is 258 g/mol. The first-order valence-corrected chi connectivity index (χ1v) is 5.91. The molecule has 0 unspecified atom stereocenters. The molecule has 3 aromatic rings. The summed E-state index contributed by atoms with van der Waals surface area (Å²) in [7, 11) is 0. The third-order valence-corrected chi connectivity index (χ3v) is 2.94. The van der Waals surface area contributed by atoms with E-state index < -0.39 is 0 Å². The standard InChI is InChI=1S/C13H11N5O2/c1-7-2-3-10-8(4-7)9(6-14-10)11(19)5-12(20)13-15-17-18-16-13/h2-6,14,20H,1H3,(H,15,16,17,18)/b12-5-. The smallest absolute Gasteiger partial charge is 0.239 e. The van der Waals surface area contributed by atoms with E-state index in [1.54, 1.807) is 6.20 Å². The number of hydrogen-bond donors (Lipinski definition) is 3. The molecule has 3 rings (SSSR count). The minimum absolute atomic E-state index is 0.0191. The summed E-state index contributed by atoms with van der Waals surface area (Å²) in [5.41, 5.74) is 2.41. The number of aromatic amines is 2. The lowest BCUT2D eigenvalue weighted by Gasteiger charge is -1.97. The van der Waals surface area contributed by atoms with E-state index >= 15 is 0 Å². The number of aryl methyl sites for hydroxylation is 1. The number of carbonyl (C=O) groups excluding carboxylic acids is 1. The zero-order valence-electron chi connectivity index (χ0n) is 10.6. The lowest BCUT2D eigenvalue weighted by atomic mass is 10.1. The topological polar surface area (TPSA) is 108 Å². The monoisotopic (exact) mass is 269 g/mol. The van der Waals surface area contributed by atoms with Crippen LogP contribution in [0, 0.1) is 6.92 Å². The molecule has 0 amide bonds. The van der Waals surface area contributed by atoms with Crippen molar-refractivity contribution in [1.29, 1.82) is 0 Å². The first-order valence-electron chi connectivity index (χ1n) is 5.91. The van der Waals surface area contributed by atoms with Gasteiger partial charge in [-0.3, -0.25) is 4.79 Å². The second-order valence-corrected chi connectivity index (χ2v) is 4.38. The molecule has 3 N–H and O–H groups in total. The Kier molecular flexibility index (Phi) is 2.79.